The molecule has 0 bridgehead atoms. The molecular formula is C13H17BrFN3O2. The molecule has 1 saturated heterocycles. The van der Waals surface area contributed by atoms with Crippen LogP contribution in [0, 0.1) is 0 Å². The number of hydrogen-bond donors (Lipinski definition) is 1. The molecule has 0 saturated carbocycles. The molecule has 2 atom stereocenters. The first kappa shape index (κ1) is 15.3. The van der Waals surface area contributed by atoms with E-state index in [0.29, 0.717) is 10.3 Å². The van der Waals surface area contributed by atoms with Gasteiger partial charge in [-0.15, -0.1) is 0 Å². The largest absolute Gasteiger partial charge is 0.394 e. The molecule has 1 aliphatic rings. The molecule has 0 aromatic carbocycles. The molecule has 1 aromatic rings. The maximum Gasteiger partial charge on any atom is 0.274 e. The highest BCUT2D eigenvalue weighted by Crippen LogP contribution is 2.25. The van der Waals surface area contributed by atoms with E-state index in [0.717, 1.165) is 0 Å². The molecular weight excluding hydrogens is 329 g/mol. The minimum absolute atomic E-state index is 0.00247. The predicted octanol–water partition coefficient (Wildman–Crippen LogP) is 1.91. The Morgan fingerprint density at radius 1 is 1.65 bits per heavy atom. The van der Waals surface area contributed by atoms with Crippen molar-refractivity contribution in [2.24, 2.45) is 0 Å². The van der Waals surface area contributed by atoms with Crippen LogP contribution in [0.25, 0.3) is 0 Å². The monoisotopic (exact) mass is 345 g/mol. The van der Waals surface area contributed by atoms with Crippen molar-refractivity contribution in [3.8, 4) is 0 Å². The maximum atomic E-state index is 13.4. The van der Waals surface area contributed by atoms with E-state index in [9.17, 15) is 14.3 Å². The number of likely N-dealkylation sites (tertiary alicyclic amines) is 1. The third kappa shape index (κ3) is 2.98. The van der Waals surface area contributed by atoms with Gasteiger partial charge in [0, 0.05) is 18.5 Å². The molecule has 0 unspecified atom stereocenters. The number of aliphatic hydroxyl groups excluding tert-OH is 1. The summed E-state index contributed by atoms with van der Waals surface area (Å²) in [6.07, 6.45) is 0.607. The lowest BCUT2D eigenvalue weighted by atomic mass is 10.2. The molecule has 1 fully saturated rings. The van der Waals surface area contributed by atoms with Crippen molar-refractivity contribution in [3.05, 3.63) is 22.2 Å². The van der Waals surface area contributed by atoms with E-state index in [4.69, 9.17) is 0 Å². The molecule has 2 rings (SSSR count). The van der Waals surface area contributed by atoms with Crippen molar-refractivity contribution >= 4 is 21.8 Å². The molecule has 0 aliphatic carbocycles. The van der Waals surface area contributed by atoms with E-state index in [2.05, 4.69) is 25.9 Å². The van der Waals surface area contributed by atoms with E-state index in [1.165, 1.54) is 11.1 Å². The van der Waals surface area contributed by atoms with Crippen molar-refractivity contribution < 1.29 is 14.3 Å². The Balaban J connectivity index is 2.31. The Morgan fingerprint density at radius 3 is 2.95 bits per heavy atom. The number of hydrogen-bond acceptors (Lipinski definition) is 4. The summed E-state index contributed by atoms with van der Waals surface area (Å²) in [6.45, 7) is 3.62. The van der Waals surface area contributed by atoms with Crippen molar-refractivity contribution in [1.82, 2.24) is 14.9 Å². The number of alkyl halides is 1. The fourth-order valence-electron chi connectivity index (χ4n) is 2.23. The maximum absolute atomic E-state index is 13.4. The molecule has 7 heteroatoms. The molecule has 0 spiro atoms. The number of carbonyl (C=O) groups excluding carboxylic acids is 1. The van der Waals surface area contributed by atoms with Gasteiger partial charge in [-0.05, 0) is 15.9 Å². The van der Waals surface area contributed by atoms with Gasteiger partial charge in [0.05, 0.1) is 23.7 Å². The van der Waals surface area contributed by atoms with E-state index in [1.54, 1.807) is 0 Å². The third-order valence-electron chi connectivity index (χ3n) is 3.32. The Morgan fingerprint density at radius 2 is 2.35 bits per heavy atom. The van der Waals surface area contributed by atoms with Gasteiger partial charge in [-0.3, -0.25) is 4.79 Å². The average Bonchev–Trinajstić information content (AvgIpc) is 2.79. The lowest BCUT2D eigenvalue weighted by Gasteiger charge is -2.22. The van der Waals surface area contributed by atoms with Crippen LogP contribution in [0.1, 0.15) is 42.5 Å². The molecule has 2 heterocycles. The first-order chi connectivity index (χ1) is 9.43. The number of nitrogens with zero attached hydrogens (tertiary/aromatic N) is 3. The molecule has 0 radical (unpaired) electrons. The summed E-state index contributed by atoms with van der Waals surface area (Å²) in [4.78, 5) is 22.2. The van der Waals surface area contributed by atoms with Crippen molar-refractivity contribution in [3.63, 3.8) is 0 Å². The van der Waals surface area contributed by atoms with Crippen molar-refractivity contribution in [2.45, 2.75) is 38.4 Å². The minimum atomic E-state index is -1.10. The van der Waals surface area contributed by atoms with Crippen LogP contribution >= 0.6 is 15.9 Å². The van der Waals surface area contributed by atoms with Crippen LogP contribution in [0.3, 0.4) is 0 Å². The van der Waals surface area contributed by atoms with Gasteiger partial charge in [-0.25, -0.2) is 14.4 Å². The van der Waals surface area contributed by atoms with Gasteiger partial charge < -0.3 is 10.0 Å². The van der Waals surface area contributed by atoms with E-state index < -0.39 is 12.2 Å². The molecule has 1 aromatic heterocycles. The van der Waals surface area contributed by atoms with E-state index >= 15 is 0 Å². The van der Waals surface area contributed by atoms with E-state index in [1.807, 2.05) is 13.8 Å². The average molecular weight is 346 g/mol. The molecule has 1 aliphatic heterocycles. The fraction of sp³-hybridized carbons (Fsp3) is 0.615. The highest BCUT2D eigenvalue weighted by molar-refractivity contribution is 9.10. The minimum Gasteiger partial charge on any atom is -0.394 e. The Bertz CT molecular complexity index is 512. The molecule has 20 heavy (non-hydrogen) atoms. The summed E-state index contributed by atoms with van der Waals surface area (Å²) in [7, 11) is 0. The zero-order chi connectivity index (χ0) is 14.9. The topological polar surface area (TPSA) is 66.3 Å². The molecule has 1 N–H and O–H groups in total. The van der Waals surface area contributed by atoms with Crippen LogP contribution in [0.5, 0.6) is 0 Å². The number of rotatable bonds is 3. The summed E-state index contributed by atoms with van der Waals surface area (Å²) < 4.78 is 13.9. The summed E-state index contributed by atoms with van der Waals surface area (Å²) in [5, 5.41) is 9.26. The molecule has 1 amide bonds. The Hall–Kier alpha value is -1.08. The highest BCUT2D eigenvalue weighted by Gasteiger charge is 2.36. The highest BCUT2D eigenvalue weighted by atomic mass is 79.9. The first-order valence-electron chi connectivity index (χ1n) is 6.52. The van der Waals surface area contributed by atoms with Crippen LogP contribution in [0.2, 0.25) is 0 Å². The number of aliphatic hydroxyl groups is 1. The van der Waals surface area contributed by atoms with Gasteiger partial charge in [-0.1, -0.05) is 13.8 Å². The van der Waals surface area contributed by atoms with Crippen molar-refractivity contribution in [1.29, 1.82) is 0 Å². The normalized spacial score (nSPS) is 22.6. The number of amides is 1. The zero-order valence-corrected chi connectivity index (χ0v) is 13.0. The summed E-state index contributed by atoms with van der Waals surface area (Å²) in [5.41, 5.74) is 0.219. The van der Waals surface area contributed by atoms with Gasteiger partial charge in [0.15, 0.2) is 0 Å². The predicted molar refractivity (Wildman–Crippen MR) is 75.2 cm³/mol. The van der Waals surface area contributed by atoms with Crippen LogP contribution in [0.15, 0.2) is 10.7 Å². The Labute approximate surface area is 125 Å². The van der Waals surface area contributed by atoms with Crippen LogP contribution in [-0.4, -0.2) is 51.2 Å². The van der Waals surface area contributed by atoms with Gasteiger partial charge in [0.25, 0.3) is 5.91 Å². The van der Waals surface area contributed by atoms with Crippen LogP contribution in [-0.2, 0) is 0 Å². The van der Waals surface area contributed by atoms with Crippen LogP contribution in [0.4, 0.5) is 4.39 Å². The van der Waals surface area contributed by atoms with Gasteiger partial charge >= 0.3 is 0 Å². The standard InChI is InChI=1S/C13H17BrFN3O2/c1-7(2)12-16-4-10(14)11(17-12)13(20)18-5-8(15)3-9(18)6-19/h4,7-9,19H,3,5-6H2,1-2H3/t8-,9-/m0/s1. The number of carbonyl (C=O) groups is 1. The summed E-state index contributed by atoms with van der Waals surface area (Å²) in [6, 6.07) is -0.484. The third-order valence-corrected chi connectivity index (χ3v) is 3.90. The van der Waals surface area contributed by atoms with Crippen molar-refractivity contribution in [2.75, 3.05) is 13.2 Å². The van der Waals surface area contributed by atoms with Gasteiger partial charge in [0.2, 0.25) is 0 Å². The fourth-order valence-corrected chi connectivity index (χ4v) is 2.59. The van der Waals surface area contributed by atoms with Crippen LogP contribution < -0.4 is 0 Å². The smallest absolute Gasteiger partial charge is 0.274 e. The molecule has 110 valence electrons. The van der Waals surface area contributed by atoms with E-state index in [-0.39, 0.29) is 37.1 Å². The summed E-state index contributed by atoms with van der Waals surface area (Å²) in [5.74, 6) is 0.282. The second-order valence-corrected chi connectivity index (χ2v) is 6.06. The molecule has 5 nitrogen and oxygen atoms in total. The lowest BCUT2D eigenvalue weighted by Crippen LogP contribution is -2.38. The summed E-state index contributed by atoms with van der Waals surface area (Å²) >= 11 is 3.26. The van der Waals surface area contributed by atoms with Gasteiger partial charge in [0.1, 0.15) is 17.7 Å². The lowest BCUT2D eigenvalue weighted by molar-refractivity contribution is 0.0665. The first-order valence-corrected chi connectivity index (χ1v) is 7.31. The van der Waals surface area contributed by atoms with Gasteiger partial charge in [-0.2, -0.15) is 0 Å². The SMILES string of the molecule is CC(C)c1ncc(Br)c(C(=O)N2C[C@@H](F)C[C@H]2CO)n1. The number of aromatic nitrogens is 2. The quantitative estimate of drug-likeness (QED) is 0.908. The zero-order valence-electron chi connectivity index (χ0n) is 11.4. The number of halogens is 2. The second kappa shape index (κ2) is 6.13. The second-order valence-electron chi connectivity index (χ2n) is 5.21. The Kier molecular flexibility index (Phi) is 4.70.